The van der Waals surface area contributed by atoms with Crippen LogP contribution in [0.4, 0.5) is 10.2 Å². The van der Waals surface area contributed by atoms with Crippen molar-refractivity contribution >= 4 is 17.4 Å². The first-order valence-electron chi connectivity index (χ1n) is 4.89. The molecule has 0 saturated carbocycles. The minimum Gasteiger partial charge on any atom is -0.383 e. The highest BCUT2D eigenvalue weighted by Gasteiger charge is 2.12. The summed E-state index contributed by atoms with van der Waals surface area (Å²) in [5.74, 6) is 0.165. The molecule has 0 unspecified atom stereocenters. The van der Waals surface area contributed by atoms with Gasteiger partial charge in [-0.3, -0.25) is 0 Å². The molecule has 1 aromatic carbocycles. The smallest absolute Gasteiger partial charge is 0.131 e. The molecule has 0 spiro atoms. The maximum absolute atomic E-state index is 12.9. The molecule has 1 heterocycles. The third-order valence-corrected chi connectivity index (χ3v) is 2.72. The Balaban J connectivity index is 2.54. The van der Waals surface area contributed by atoms with Gasteiger partial charge in [-0.25, -0.2) is 9.37 Å². The third-order valence-electron chi connectivity index (χ3n) is 2.41. The van der Waals surface area contributed by atoms with E-state index in [1.807, 2.05) is 6.92 Å². The van der Waals surface area contributed by atoms with Crippen LogP contribution in [0.2, 0.25) is 5.02 Å². The lowest BCUT2D eigenvalue weighted by molar-refractivity contribution is 0.628. The lowest BCUT2D eigenvalue weighted by atomic mass is 10.1. The zero-order valence-electron chi connectivity index (χ0n) is 8.74. The lowest BCUT2D eigenvalue weighted by Crippen LogP contribution is -1.99. The number of halogens is 2. The number of hydrogen-bond acceptors (Lipinski definition) is 2. The second kappa shape index (κ2) is 4.14. The van der Waals surface area contributed by atoms with Crippen molar-refractivity contribution in [1.82, 2.24) is 9.55 Å². The van der Waals surface area contributed by atoms with Crippen LogP contribution in [0, 0.1) is 5.82 Å². The Kier molecular flexibility index (Phi) is 2.83. The molecule has 3 nitrogen and oxygen atoms in total. The van der Waals surface area contributed by atoms with E-state index in [0.29, 0.717) is 22.1 Å². The number of aryl methyl sites for hydroxylation is 1. The van der Waals surface area contributed by atoms with Gasteiger partial charge in [0.2, 0.25) is 0 Å². The number of nitrogens with zero attached hydrogens (tertiary/aromatic N) is 2. The summed E-state index contributed by atoms with van der Waals surface area (Å²) in [6.07, 6.45) is 1.64. The van der Waals surface area contributed by atoms with Crippen LogP contribution in [-0.4, -0.2) is 9.55 Å². The molecule has 1 aromatic heterocycles. The highest BCUT2D eigenvalue weighted by atomic mass is 35.5. The van der Waals surface area contributed by atoms with Crippen LogP contribution >= 0.6 is 11.6 Å². The summed E-state index contributed by atoms with van der Waals surface area (Å²) >= 11 is 5.94. The molecule has 0 radical (unpaired) electrons. The average Bonchev–Trinajstić information content (AvgIpc) is 2.60. The van der Waals surface area contributed by atoms with E-state index in [9.17, 15) is 4.39 Å². The van der Waals surface area contributed by atoms with Gasteiger partial charge in [-0.1, -0.05) is 11.6 Å². The molecular weight excluding hydrogens is 229 g/mol. The highest BCUT2D eigenvalue weighted by molar-refractivity contribution is 6.33. The number of nitrogens with two attached hydrogens (primary N) is 1. The van der Waals surface area contributed by atoms with Crippen LogP contribution in [0.25, 0.3) is 11.3 Å². The highest BCUT2D eigenvalue weighted by Crippen LogP contribution is 2.31. The molecule has 0 saturated heterocycles. The topological polar surface area (TPSA) is 43.8 Å². The SMILES string of the molecule is CCn1cnc(-c2ccc(F)cc2Cl)c1N. The average molecular weight is 240 g/mol. The Morgan fingerprint density at radius 3 is 2.81 bits per heavy atom. The maximum atomic E-state index is 12.9. The first-order chi connectivity index (χ1) is 7.63. The second-order valence-electron chi connectivity index (χ2n) is 3.39. The van der Waals surface area contributed by atoms with Crippen LogP contribution in [0.1, 0.15) is 6.92 Å². The summed E-state index contributed by atoms with van der Waals surface area (Å²) < 4.78 is 14.7. The molecule has 2 aromatic rings. The monoisotopic (exact) mass is 239 g/mol. The zero-order chi connectivity index (χ0) is 11.7. The summed E-state index contributed by atoms with van der Waals surface area (Å²) in [6.45, 7) is 2.70. The number of anilines is 1. The van der Waals surface area contributed by atoms with Crippen molar-refractivity contribution in [3.8, 4) is 11.3 Å². The largest absolute Gasteiger partial charge is 0.383 e. The fourth-order valence-electron chi connectivity index (χ4n) is 1.53. The van der Waals surface area contributed by atoms with Gasteiger partial charge < -0.3 is 10.3 Å². The molecule has 0 fully saturated rings. The van der Waals surface area contributed by atoms with Gasteiger partial charge in [0.15, 0.2) is 0 Å². The van der Waals surface area contributed by atoms with Crippen molar-refractivity contribution in [2.24, 2.45) is 0 Å². The molecule has 84 valence electrons. The van der Waals surface area contributed by atoms with Gasteiger partial charge in [0.25, 0.3) is 0 Å². The summed E-state index contributed by atoms with van der Waals surface area (Å²) in [7, 11) is 0. The Morgan fingerprint density at radius 1 is 1.50 bits per heavy atom. The standard InChI is InChI=1S/C11H11ClFN3/c1-2-16-6-15-10(11(16)14)8-4-3-7(13)5-9(8)12/h3-6H,2,14H2,1H3. The molecular formula is C11H11ClFN3. The summed E-state index contributed by atoms with van der Waals surface area (Å²) in [4.78, 5) is 4.18. The summed E-state index contributed by atoms with van der Waals surface area (Å²) in [5, 5.41) is 0.313. The zero-order valence-corrected chi connectivity index (χ0v) is 9.50. The van der Waals surface area contributed by atoms with Gasteiger partial charge in [-0.15, -0.1) is 0 Å². The number of aromatic nitrogens is 2. The third kappa shape index (κ3) is 1.76. The second-order valence-corrected chi connectivity index (χ2v) is 3.80. The fraction of sp³-hybridized carbons (Fsp3) is 0.182. The molecule has 0 amide bonds. The number of hydrogen-bond donors (Lipinski definition) is 1. The van der Waals surface area contributed by atoms with Gasteiger partial charge in [0, 0.05) is 12.1 Å². The molecule has 0 aliphatic rings. The van der Waals surface area contributed by atoms with E-state index in [1.54, 1.807) is 17.0 Å². The minimum atomic E-state index is -0.373. The van der Waals surface area contributed by atoms with E-state index >= 15 is 0 Å². The Hall–Kier alpha value is -1.55. The number of imidazole rings is 1. The van der Waals surface area contributed by atoms with Gasteiger partial charge >= 0.3 is 0 Å². The molecule has 5 heteroatoms. The van der Waals surface area contributed by atoms with Crippen molar-refractivity contribution in [3.05, 3.63) is 35.4 Å². The minimum absolute atomic E-state index is 0.313. The van der Waals surface area contributed by atoms with Gasteiger partial charge in [-0.2, -0.15) is 0 Å². The molecule has 2 N–H and O–H groups in total. The number of rotatable bonds is 2. The fourth-order valence-corrected chi connectivity index (χ4v) is 1.79. The van der Waals surface area contributed by atoms with Crippen molar-refractivity contribution in [3.63, 3.8) is 0 Å². The van der Waals surface area contributed by atoms with Crippen LogP contribution in [0.15, 0.2) is 24.5 Å². The van der Waals surface area contributed by atoms with Crippen molar-refractivity contribution < 1.29 is 4.39 Å². The Labute approximate surface area is 97.7 Å². The molecule has 2 rings (SSSR count). The Bertz CT molecular complexity index is 522. The molecule has 0 atom stereocenters. The lowest BCUT2D eigenvalue weighted by Gasteiger charge is -2.04. The number of benzene rings is 1. The van der Waals surface area contributed by atoms with Gasteiger partial charge in [0.1, 0.15) is 17.3 Å². The Morgan fingerprint density at radius 2 is 2.25 bits per heavy atom. The molecule has 0 aliphatic heterocycles. The normalized spacial score (nSPS) is 10.7. The van der Waals surface area contributed by atoms with Crippen LogP contribution in [0.3, 0.4) is 0 Å². The van der Waals surface area contributed by atoms with Crippen molar-refractivity contribution in [2.45, 2.75) is 13.5 Å². The van der Waals surface area contributed by atoms with Gasteiger partial charge in [0.05, 0.1) is 11.3 Å². The van der Waals surface area contributed by atoms with Crippen molar-refractivity contribution in [1.29, 1.82) is 0 Å². The van der Waals surface area contributed by atoms with Crippen LogP contribution < -0.4 is 5.73 Å². The first kappa shape index (κ1) is 11.0. The van der Waals surface area contributed by atoms with Gasteiger partial charge in [-0.05, 0) is 25.1 Å². The van der Waals surface area contributed by atoms with E-state index in [1.165, 1.54) is 12.1 Å². The van der Waals surface area contributed by atoms with E-state index in [4.69, 9.17) is 17.3 Å². The maximum Gasteiger partial charge on any atom is 0.131 e. The summed E-state index contributed by atoms with van der Waals surface area (Å²) in [6, 6.07) is 4.17. The number of nitrogen functional groups attached to an aromatic ring is 1. The predicted molar refractivity (Wildman–Crippen MR) is 62.7 cm³/mol. The summed E-state index contributed by atoms with van der Waals surface area (Å²) in [5.41, 5.74) is 7.14. The van der Waals surface area contributed by atoms with E-state index in [2.05, 4.69) is 4.98 Å². The molecule has 0 aliphatic carbocycles. The molecule has 16 heavy (non-hydrogen) atoms. The van der Waals surface area contributed by atoms with E-state index < -0.39 is 0 Å². The van der Waals surface area contributed by atoms with Crippen molar-refractivity contribution in [2.75, 3.05) is 5.73 Å². The van der Waals surface area contributed by atoms with E-state index in [0.717, 1.165) is 6.54 Å². The van der Waals surface area contributed by atoms with Crippen LogP contribution in [0.5, 0.6) is 0 Å². The van der Waals surface area contributed by atoms with Crippen LogP contribution in [-0.2, 0) is 6.54 Å². The predicted octanol–water partition coefficient (Wildman–Crippen LogP) is 2.94. The molecule has 0 bridgehead atoms. The first-order valence-corrected chi connectivity index (χ1v) is 5.27. The van der Waals surface area contributed by atoms with E-state index in [-0.39, 0.29) is 5.82 Å². The quantitative estimate of drug-likeness (QED) is 0.876.